The Morgan fingerprint density at radius 1 is 1.14 bits per heavy atom. The van der Waals surface area contributed by atoms with Crippen LogP contribution in [0.15, 0.2) is 59.4 Å². The first kappa shape index (κ1) is 29.4. The molecule has 1 amide bonds. The van der Waals surface area contributed by atoms with Crippen LogP contribution in [-0.4, -0.2) is 58.7 Å². The molecule has 0 aliphatic carbocycles. The molecule has 1 aliphatic heterocycles. The SMILES string of the molecule is COc1nc(-c2cccc(-c3cccc(NC(=O)c4cc(C)n[nH]c4=O)c3C)c2Cl)ccc1CNC1CCOC[C@@H]1O. The fourth-order valence-corrected chi connectivity index (χ4v) is 5.32. The van der Waals surface area contributed by atoms with Gasteiger partial charge in [0.25, 0.3) is 11.5 Å². The fourth-order valence-electron chi connectivity index (χ4n) is 5.00. The molecule has 218 valence electrons. The van der Waals surface area contributed by atoms with Crippen LogP contribution in [0.4, 0.5) is 5.69 Å². The lowest BCUT2D eigenvalue weighted by molar-refractivity contribution is -0.0281. The molecule has 1 aliphatic rings. The summed E-state index contributed by atoms with van der Waals surface area (Å²) in [6.07, 6.45) is 0.167. The van der Waals surface area contributed by atoms with Crippen molar-refractivity contribution in [3.05, 3.63) is 92.4 Å². The quantitative estimate of drug-likeness (QED) is 0.239. The predicted octanol–water partition coefficient (Wildman–Crippen LogP) is 4.27. The summed E-state index contributed by atoms with van der Waals surface area (Å²) < 4.78 is 10.9. The van der Waals surface area contributed by atoms with Gasteiger partial charge in [-0.3, -0.25) is 9.59 Å². The molecule has 4 N–H and O–H groups in total. The van der Waals surface area contributed by atoms with E-state index in [-0.39, 0.29) is 11.6 Å². The summed E-state index contributed by atoms with van der Waals surface area (Å²) in [5.74, 6) is -0.0655. The van der Waals surface area contributed by atoms with Crippen LogP contribution < -0.4 is 20.9 Å². The molecular weight excluding hydrogens is 558 g/mol. The Balaban J connectivity index is 1.41. The van der Waals surface area contributed by atoms with Gasteiger partial charge in [-0.1, -0.05) is 48.0 Å². The molecule has 1 unspecified atom stereocenters. The van der Waals surface area contributed by atoms with Crippen molar-refractivity contribution in [1.82, 2.24) is 20.5 Å². The zero-order chi connectivity index (χ0) is 29.8. The second-order valence-corrected chi connectivity index (χ2v) is 10.5. The van der Waals surface area contributed by atoms with Crippen LogP contribution in [0.5, 0.6) is 5.88 Å². The Morgan fingerprint density at radius 2 is 1.90 bits per heavy atom. The molecule has 11 heteroatoms. The second-order valence-electron chi connectivity index (χ2n) is 10.1. The van der Waals surface area contributed by atoms with Crippen molar-refractivity contribution in [2.24, 2.45) is 0 Å². The lowest BCUT2D eigenvalue weighted by Crippen LogP contribution is -2.46. The van der Waals surface area contributed by atoms with Crippen molar-refractivity contribution in [3.8, 4) is 28.3 Å². The van der Waals surface area contributed by atoms with Gasteiger partial charge >= 0.3 is 0 Å². The lowest BCUT2D eigenvalue weighted by Gasteiger charge is -2.28. The van der Waals surface area contributed by atoms with Gasteiger partial charge < -0.3 is 25.2 Å². The highest BCUT2D eigenvalue weighted by Crippen LogP contribution is 2.39. The fraction of sp³-hybridized carbons (Fsp3) is 0.290. The maximum atomic E-state index is 12.9. The van der Waals surface area contributed by atoms with E-state index in [0.29, 0.717) is 47.7 Å². The smallest absolute Gasteiger partial charge is 0.277 e. The number of pyridine rings is 1. The molecule has 0 saturated carbocycles. The number of halogens is 1. The average Bonchev–Trinajstić information content (AvgIpc) is 2.99. The maximum Gasteiger partial charge on any atom is 0.277 e. The second kappa shape index (κ2) is 12.8. The van der Waals surface area contributed by atoms with Gasteiger partial charge in [0.05, 0.1) is 36.2 Å². The summed E-state index contributed by atoms with van der Waals surface area (Å²) in [7, 11) is 1.57. The van der Waals surface area contributed by atoms with Gasteiger partial charge in [-0.15, -0.1) is 0 Å². The van der Waals surface area contributed by atoms with E-state index in [2.05, 4.69) is 20.8 Å². The van der Waals surface area contributed by atoms with Crippen molar-refractivity contribution in [1.29, 1.82) is 0 Å². The summed E-state index contributed by atoms with van der Waals surface area (Å²) in [4.78, 5) is 29.8. The Morgan fingerprint density at radius 3 is 2.69 bits per heavy atom. The molecular formula is C31H32ClN5O5. The number of hydrogen-bond donors (Lipinski definition) is 4. The zero-order valence-electron chi connectivity index (χ0n) is 23.5. The van der Waals surface area contributed by atoms with Crippen LogP contribution in [0, 0.1) is 13.8 Å². The van der Waals surface area contributed by atoms with Crippen molar-refractivity contribution < 1.29 is 19.4 Å². The largest absolute Gasteiger partial charge is 0.481 e. The topological polar surface area (TPSA) is 138 Å². The molecule has 4 aromatic rings. The summed E-state index contributed by atoms with van der Waals surface area (Å²) >= 11 is 6.98. The number of aromatic nitrogens is 3. The first-order valence-corrected chi connectivity index (χ1v) is 13.9. The van der Waals surface area contributed by atoms with Crippen molar-refractivity contribution >= 4 is 23.2 Å². The maximum absolute atomic E-state index is 12.9. The van der Waals surface area contributed by atoms with Crippen LogP contribution in [0.3, 0.4) is 0 Å². The molecule has 1 saturated heterocycles. The number of aliphatic hydroxyl groups is 1. The van der Waals surface area contributed by atoms with Gasteiger partial charge in [0.15, 0.2) is 0 Å². The van der Waals surface area contributed by atoms with E-state index >= 15 is 0 Å². The highest BCUT2D eigenvalue weighted by atomic mass is 35.5. The van der Waals surface area contributed by atoms with Gasteiger partial charge in [0.1, 0.15) is 5.56 Å². The number of carbonyl (C=O) groups is 1. The molecule has 0 radical (unpaired) electrons. The predicted molar refractivity (Wildman–Crippen MR) is 161 cm³/mol. The molecule has 42 heavy (non-hydrogen) atoms. The number of aryl methyl sites for hydroxylation is 1. The standard InChI is InChI=1S/C31H32ClN5O5/c1-17-14-23(30(40)37-36-17)29(39)34-24-9-5-6-20(18(24)2)21-7-4-8-22(28(21)32)25-11-10-19(31(35-25)41-3)15-33-26-12-13-42-16-27(26)38/h4-11,14,26-27,33,38H,12-13,15-16H2,1-3H3,(H,34,39)(H,37,40)/t26?,27-/m0/s1. The Kier molecular flexibility index (Phi) is 8.98. The van der Waals surface area contributed by atoms with Crippen LogP contribution in [0.1, 0.15) is 33.6 Å². The molecule has 1 fully saturated rings. The highest BCUT2D eigenvalue weighted by molar-refractivity contribution is 6.36. The van der Waals surface area contributed by atoms with Crippen LogP contribution in [-0.2, 0) is 11.3 Å². The van der Waals surface area contributed by atoms with Gasteiger partial charge in [0, 0.05) is 41.6 Å². The Labute approximate surface area is 248 Å². The molecule has 10 nitrogen and oxygen atoms in total. The van der Waals surface area contributed by atoms with Gasteiger partial charge in [-0.2, -0.15) is 5.10 Å². The average molecular weight is 590 g/mol. The Bertz CT molecular complexity index is 1670. The van der Waals surface area contributed by atoms with Crippen LogP contribution >= 0.6 is 11.6 Å². The van der Waals surface area contributed by atoms with Crippen molar-refractivity contribution in [2.75, 3.05) is 25.6 Å². The minimum atomic E-state index is -0.562. The van der Waals surface area contributed by atoms with E-state index in [4.69, 9.17) is 26.1 Å². The van der Waals surface area contributed by atoms with Crippen LogP contribution in [0.25, 0.3) is 22.4 Å². The number of anilines is 1. The van der Waals surface area contributed by atoms with E-state index in [1.165, 1.54) is 6.07 Å². The third-order valence-corrected chi connectivity index (χ3v) is 7.74. The number of hydrogen-bond acceptors (Lipinski definition) is 8. The Hall–Kier alpha value is -4.09. The number of aromatic amines is 1. The molecule has 2 atom stereocenters. The number of amides is 1. The molecule has 0 spiro atoms. The number of nitrogens with zero attached hydrogens (tertiary/aromatic N) is 2. The van der Waals surface area contributed by atoms with E-state index in [1.54, 1.807) is 20.1 Å². The monoisotopic (exact) mass is 589 g/mol. The number of carbonyl (C=O) groups excluding carboxylic acids is 1. The van der Waals surface area contributed by atoms with E-state index in [1.807, 2.05) is 49.4 Å². The number of aliphatic hydroxyl groups excluding tert-OH is 1. The summed E-state index contributed by atoms with van der Waals surface area (Å²) in [5, 5.41) is 23.1. The van der Waals surface area contributed by atoms with E-state index in [9.17, 15) is 14.7 Å². The summed E-state index contributed by atoms with van der Waals surface area (Å²) in [5.41, 5.74) is 5.10. The first-order valence-electron chi connectivity index (χ1n) is 13.6. The van der Waals surface area contributed by atoms with Gasteiger partial charge in [0.2, 0.25) is 5.88 Å². The molecule has 0 bridgehead atoms. The highest BCUT2D eigenvalue weighted by Gasteiger charge is 2.24. The van der Waals surface area contributed by atoms with E-state index < -0.39 is 17.6 Å². The normalized spacial score (nSPS) is 16.7. The molecule has 3 heterocycles. The number of rotatable bonds is 8. The molecule has 5 rings (SSSR count). The number of H-pyrrole nitrogens is 1. The molecule has 2 aromatic carbocycles. The molecule has 2 aromatic heterocycles. The third kappa shape index (κ3) is 6.22. The van der Waals surface area contributed by atoms with Crippen molar-refractivity contribution in [2.45, 2.75) is 39.0 Å². The number of ether oxygens (including phenoxy) is 2. The van der Waals surface area contributed by atoms with Crippen LogP contribution in [0.2, 0.25) is 5.02 Å². The third-order valence-electron chi connectivity index (χ3n) is 7.34. The number of benzene rings is 2. The first-order chi connectivity index (χ1) is 20.3. The van der Waals surface area contributed by atoms with Gasteiger partial charge in [-0.25, -0.2) is 10.1 Å². The minimum absolute atomic E-state index is 0.0186. The zero-order valence-corrected chi connectivity index (χ0v) is 24.3. The number of methoxy groups -OCH3 is 1. The summed E-state index contributed by atoms with van der Waals surface area (Å²) in [6, 6.07) is 16.4. The minimum Gasteiger partial charge on any atom is -0.481 e. The lowest BCUT2D eigenvalue weighted by atomic mass is 9.96. The van der Waals surface area contributed by atoms with Crippen molar-refractivity contribution in [3.63, 3.8) is 0 Å². The summed E-state index contributed by atoms with van der Waals surface area (Å²) in [6.45, 7) is 4.99. The van der Waals surface area contributed by atoms with Gasteiger partial charge in [-0.05, 0) is 49.6 Å². The van der Waals surface area contributed by atoms with E-state index in [0.717, 1.165) is 34.2 Å². The number of nitrogens with one attached hydrogen (secondary N) is 3.